The van der Waals surface area contributed by atoms with Gasteiger partial charge in [0.2, 0.25) is 0 Å². The molecule has 0 aliphatic carbocycles. The monoisotopic (exact) mass is 423 g/mol. The quantitative estimate of drug-likeness (QED) is 0.378. The van der Waals surface area contributed by atoms with Crippen LogP contribution in [-0.2, 0) is 16.2 Å². The Balaban J connectivity index is 1.63. The van der Waals surface area contributed by atoms with E-state index in [4.69, 9.17) is 32.8 Å². The molecule has 0 atom stereocenters. The number of rotatable bonds is 5. The second-order valence-corrected chi connectivity index (χ2v) is 7.15. The fourth-order valence-electron chi connectivity index (χ4n) is 2.88. The van der Waals surface area contributed by atoms with Crippen molar-refractivity contribution in [2.24, 2.45) is 5.16 Å². The molecule has 0 bridgehead atoms. The van der Waals surface area contributed by atoms with Crippen LogP contribution in [0.2, 0.25) is 10.0 Å². The summed E-state index contributed by atoms with van der Waals surface area (Å²) in [5.74, 6) is 0.103. The van der Waals surface area contributed by atoms with Gasteiger partial charge in [0.15, 0.2) is 0 Å². The highest BCUT2D eigenvalue weighted by Crippen LogP contribution is 2.27. The number of carbonyl (C=O) groups is 1. The van der Waals surface area contributed by atoms with E-state index in [1.54, 1.807) is 30.3 Å². The number of oxime groups is 1. The van der Waals surface area contributed by atoms with Gasteiger partial charge in [0.25, 0.3) is 0 Å². The van der Waals surface area contributed by atoms with E-state index in [-0.39, 0.29) is 0 Å². The lowest BCUT2D eigenvalue weighted by Crippen LogP contribution is -2.07. The third-order valence-electron chi connectivity index (χ3n) is 4.37. The van der Waals surface area contributed by atoms with Crippen molar-refractivity contribution in [2.45, 2.75) is 6.61 Å². The summed E-state index contributed by atoms with van der Waals surface area (Å²) in [6.45, 7) is 0.308. The number of hydrogen-bond acceptors (Lipinski definition) is 4. The molecule has 0 radical (unpaired) electrons. The molecule has 144 valence electrons. The molecule has 0 saturated heterocycles. The van der Waals surface area contributed by atoms with Crippen molar-refractivity contribution in [3.8, 4) is 5.75 Å². The Bertz CT molecular complexity index is 1120. The molecule has 0 fully saturated rings. The first-order chi connectivity index (χ1) is 14.1. The molecule has 3 aromatic rings. The van der Waals surface area contributed by atoms with E-state index in [2.05, 4.69) is 5.16 Å². The first-order valence-electron chi connectivity index (χ1n) is 8.84. The lowest BCUT2D eigenvalue weighted by molar-refractivity contribution is -0.136. The molecule has 0 aromatic heterocycles. The molecule has 1 aliphatic rings. The van der Waals surface area contributed by atoms with E-state index in [0.717, 1.165) is 16.7 Å². The van der Waals surface area contributed by atoms with E-state index >= 15 is 0 Å². The highest BCUT2D eigenvalue weighted by atomic mass is 35.5. The van der Waals surface area contributed by atoms with Gasteiger partial charge in [-0.05, 0) is 30.3 Å². The maximum absolute atomic E-state index is 12.3. The lowest BCUT2D eigenvalue weighted by Gasteiger charge is -2.11. The van der Waals surface area contributed by atoms with Gasteiger partial charge in [0, 0.05) is 26.7 Å². The topological polar surface area (TPSA) is 47.9 Å². The second kappa shape index (κ2) is 8.52. The van der Waals surface area contributed by atoms with Gasteiger partial charge in [-0.2, -0.15) is 0 Å². The molecule has 4 rings (SSSR count). The third kappa shape index (κ3) is 4.34. The molecule has 0 saturated carbocycles. The summed E-state index contributed by atoms with van der Waals surface area (Å²) in [6, 6.07) is 22.0. The van der Waals surface area contributed by atoms with Crippen molar-refractivity contribution in [1.29, 1.82) is 0 Å². The summed E-state index contributed by atoms with van der Waals surface area (Å²) in [5, 5.41) is 5.17. The number of para-hydroxylation sites is 1. The normalized spacial score (nSPS) is 14.6. The predicted molar refractivity (Wildman–Crippen MR) is 114 cm³/mol. The first kappa shape index (κ1) is 19.2. The minimum absolute atomic E-state index is 0.308. The predicted octanol–water partition coefficient (Wildman–Crippen LogP) is 5.92. The maximum atomic E-state index is 12.3. The summed E-state index contributed by atoms with van der Waals surface area (Å²) in [7, 11) is 0. The Kier molecular flexibility index (Phi) is 5.65. The molecule has 1 aliphatic heterocycles. The fourth-order valence-corrected chi connectivity index (χ4v) is 3.20. The number of hydrogen-bond donors (Lipinski definition) is 0. The van der Waals surface area contributed by atoms with Crippen LogP contribution in [0.15, 0.2) is 83.5 Å². The Morgan fingerprint density at radius 1 is 0.931 bits per heavy atom. The van der Waals surface area contributed by atoms with Gasteiger partial charge < -0.3 is 9.57 Å². The Hall–Kier alpha value is -3.08. The van der Waals surface area contributed by atoms with Crippen LogP contribution in [0, 0.1) is 0 Å². The molecule has 3 aromatic carbocycles. The van der Waals surface area contributed by atoms with E-state index < -0.39 is 5.97 Å². The second-order valence-electron chi connectivity index (χ2n) is 6.30. The molecular formula is C23H15Cl2NO3. The lowest BCUT2D eigenvalue weighted by atomic mass is 10.0. The SMILES string of the molecule is O=C1ON=C(c2ccc(Cl)cc2)/C1=C\c1ccccc1OCc1ccccc1Cl. The number of nitrogens with zero attached hydrogens (tertiary/aromatic N) is 1. The van der Waals surface area contributed by atoms with Crippen molar-refractivity contribution in [2.75, 3.05) is 0 Å². The molecular weight excluding hydrogens is 409 g/mol. The van der Waals surface area contributed by atoms with Gasteiger partial charge in [0.1, 0.15) is 18.1 Å². The molecule has 0 spiro atoms. The highest BCUT2D eigenvalue weighted by molar-refractivity contribution is 6.33. The highest BCUT2D eigenvalue weighted by Gasteiger charge is 2.27. The van der Waals surface area contributed by atoms with Crippen molar-refractivity contribution < 1.29 is 14.4 Å². The molecule has 0 amide bonds. The number of ether oxygens (including phenoxy) is 1. The fraction of sp³-hybridized carbons (Fsp3) is 0.0435. The zero-order chi connectivity index (χ0) is 20.2. The van der Waals surface area contributed by atoms with Crippen LogP contribution in [-0.4, -0.2) is 11.7 Å². The maximum Gasteiger partial charge on any atom is 0.368 e. The van der Waals surface area contributed by atoms with Gasteiger partial charge in [-0.1, -0.05) is 76.9 Å². The van der Waals surface area contributed by atoms with Crippen LogP contribution in [0.3, 0.4) is 0 Å². The minimum atomic E-state index is -0.518. The third-order valence-corrected chi connectivity index (χ3v) is 4.99. The van der Waals surface area contributed by atoms with Gasteiger partial charge in [-0.15, -0.1) is 0 Å². The van der Waals surface area contributed by atoms with Gasteiger partial charge in [-0.25, -0.2) is 4.79 Å². The van der Waals surface area contributed by atoms with Gasteiger partial charge in [-0.3, -0.25) is 0 Å². The molecule has 1 heterocycles. The van der Waals surface area contributed by atoms with Crippen molar-refractivity contribution >= 4 is 41.0 Å². The minimum Gasteiger partial charge on any atom is -0.488 e. The van der Waals surface area contributed by atoms with Crippen LogP contribution in [0.25, 0.3) is 6.08 Å². The van der Waals surface area contributed by atoms with E-state index in [0.29, 0.717) is 33.7 Å². The zero-order valence-corrected chi connectivity index (χ0v) is 16.7. The summed E-state index contributed by atoms with van der Waals surface area (Å²) in [6.07, 6.45) is 1.71. The van der Waals surface area contributed by atoms with Gasteiger partial charge in [0.05, 0.1) is 5.57 Å². The summed E-state index contributed by atoms with van der Waals surface area (Å²) < 4.78 is 5.97. The van der Waals surface area contributed by atoms with Gasteiger partial charge >= 0.3 is 5.97 Å². The molecule has 4 nitrogen and oxygen atoms in total. The van der Waals surface area contributed by atoms with E-state index in [1.807, 2.05) is 48.5 Å². The number of carbonyl (C=O) groups excluding carboxylic acids is 1. The van der Waals surface area contributed by atoms with Crippen molar-refractivity contribution in [1.82, 2.24) is 0 Å². The van der Waals surface area contributed by atoms with Crippen molar-refractivity contribution in [3.63, 3.8) is 0 Å². The van der Waals surface area contributed by atoms with Crippen LogP contribution in [0.1, 0.15) is 16.7 Å². The van der Waals surface area contributed by atoms with E-state index in [9.17, 15) is 4.79 Å². The molecule has 29 heavy (non-hydrogen) atoms. The van der Waals surface area contributed by atoms with Crippen LogP contribution in [0.5, 0.6) is 5.75 Å². The van der Waals surface area contributed by atoms with Crippen LogP contribution in [0.4, 0.5) is 0 Å². The zero-order valence-electron chi connectivity index (χ0n) is 15.1. The Morgan fingerprint density at radius 3 is 2.45 bits per heavy atom. The summed E-state index contributed by atoms with van der Waals surface area (Å²) in [4.78, 5) is 17.2. The largest absolute Gasteiger partial charge is 0.488 e. The number of benzene rings is 3. The summed E-state index contributed by atoms with van der Waals surface area (Å²) >= 11 is 12.2. The number of halogens is 2. The molecule has 0 unspecified atom stereocenters. The Labute approximate surface area is 178 Å². The summed E-state index contributed by atoms with van der Waals surface area (Å²) in [5.41, 5.74) is 3.14. The molecule has 6 heteroatoms. The van der Waals surface area contributed by atoms with Crippen LogP contribution >= 0.6 is 23.2 Å². The first-order valence-corrected chi connectivity index (χ1v) is 9.60. The standard InChI is InChI=1S/C23H15Cl2NO3/c24-18-11-9-15(10-12-18)22-19(23(27)29-26-22)13-16-5-2-4-8-21(16)28-14-17-6-1-3-7-20(17)25/h1-13H,14H2/b19-13+. The van der Waals surface area contributed by atoms with Crippen LogP contribution < -0.4 is 4.74 Å². The van der Waals surface area contributed by atoms with E-state index in [1.165, 1.54) is 0 Å². The molecule has 0 N–H and O–H groups in total. The Morgan fingerprint density at radius 2 is 1.66 bits per heavy atom. The smallest absolute Gasteiger partial charge is 0.368 e. The van der Waals surface area contributed by atoms with Crippen molar-refractivity contribution in [3.05, 3.63) is 105 Å². The average Bonchev–Trinajstić information content (AvgIpc) is 3.09. The average molecular weight is 424 g/mol.